The van der Waals surface area contributed by atoms with E-state index in [4.69, 9.17) is 0 Å². The Labute approximate surface area is 186 Å². The molecule has 0 saturated heterocycles. The topological polar surface area (TPSA) is 230 Å². The van der Waals surface area contributed by atoms with Gasteiger partial charge in [0.05, 0.1) is 0 Å². The minimum absolute atomic E-state index is 0. The van der Waals surface area contributed by atoms with Crippen molar-refractivity contribution in [3.8, 4) is 5.75 Å². The molecule has 9 nitrogen and oxygen atoms in total. The second-order valence-corrected chi connectivity index (χ2v) is 5.69. The van der Waals surface area contributed by atoms with Gasteiger partial charge in [-0.05, 0) is 23.0 Å². The van der Waals surface area contributed by atoms with E-state index < -0.39 is 7.82 Å². The minimum Gasteiger partial charge on any atom is -0.780 e. The maximum absolute atomic E-state index is 10.8. The Bertz CT molecular complexity index is 426. The summed E-state index contributed by atoms with van der Waals surface area (Å²) in [5, 5.41) is 0. The molecule has 0 atom stereocenters. The summed E-state index contributed by atoms with van der Waals surface area (Å²) in [6.45, 7) is 7.69. The molecule has 0 amide bonds. The molecule has 0 aliphatic heterocycles. The smallest absolute Gasteiger partial charge is 0.780 e. The Kier molecular flexibility index (Phi) is 34.7. The van der Waals surface area contributed by atoms with Gasteiger partial charge < -0.3 is 46.3 Å². The summed E-state index contributed by atoms with van der Waals surface area (Å²) in [6, 6.07) is 5.40. The summed E-state index contributed by atoms with van der Waals surface area (Å²) in [5.41, 5.74) is 1.48. The van der Waals surface area contributed by atoms with Gasteiger partial charge in [0.25, 0.3) is 0 Å². The molecule has 0 unspecified atom stereocenters. The largest absolute Gasteiger partial charge is 1.00 e. The van der Waals surface area contributed by atoms with Crippen LogP contribution in [0.15, 0.2) is 18.2 Å². The molecule has 1 aromatic carbocycles. The van der Waals surface area contributed by atoms with Gasteiger partial charge in [-0.3, -0.25) is 0 Å². The molecule has 24 heavy (non-hydrogen) atoms. The van der Waals surface area contributed by atoms with E-state index >= 15 is 0 Å². The standard InChI is InChI=1S/C12H19O4P.2Na.5H2O/c1-8(2)10-6-5-7-11(9(3)4)12(10)16-17(13,14)15;;;;;;;/h5-9H,1-4H3,(H2,13,14,15);;;5*1H2/q;2*+1;;;;;/p-2. The van der Waals surface area contributed by atoms with E-state index in [1.54, 1.807) is 12.1 Å². The molecule has 0 radical (unpaired) electrons. The van der Waals surface area contributed by atoms with Crippen LogP contribution in [-0.4, -0.2) is 27.4 Å². The number of hydrogen-bond acceptors (Lipinski definition) is 4. The van der Waals surface area contributed by atoms with Crippen LogP contribution in [-0.2, 0) is 4.57 Å². The first-order valence-corrected chi connectivity index (χ1v) is 7.03. The van der Waals surface area contributed by atoms with E-state index in [1.807, 2.05) is 33.8 Å². The van der Waals surface area contributed by atoms with Crippen molar-refractivity contribution in [3.63, 3.8) is 0 Å². The Hall–Kier alpha value is 0.970. The maximum Gasteiger partial charge on any atom is 1.00 e. The average molecular weight is 392 g/mol. The van der Waals surface area contributed by atoms with Crippen LogP contribution in [0.25, 0.3) is 0 Å². The van der Waals surface area contributed by atoms with Crippen LogP contribution in [0.1, 0.15) is 50.7 Å². The summed E-state index contributed by atoms with van der Waals surface area (Å²) in [6.07, 6.45) is 0. The monoisotopic (exact) mass is 392 g/mol. The Morgan fingerprint density at radius 1 is 0.833 bits per heavy atom. The van der Waals surface area contributed by atoms with Gasteiger partial charge in [-0.2, -0.15) is 0 Å². The molecule has 0 saturated carbocycles. The maximum atomic E-state index is 10.8. The first-order valence-electron chi connectivity index (χ1n) is 5.57. The van der Waals surface area contributed by atoms with Gasteiger partial charge in [0.2, 0.25) is 0 Å². The third-order valence-electron chi connectivity index (χ3n) is 2.52. The van der Waals surface area contributed by atoms with Gasteiger partial charge in [-0.1, -0.05) is 45.9 Å². The molecular weight excluding hydrogens is 365 g/mol. The molecule has 0 bridgehead atoms. The van der Waals surface area contributed by atoms with E-state index in [9.17, 15) is 14.4 Å². The van der Waals surface area contributed by atoms with Crippen LogP contribution < -0.4 is 73.4 Å². The van der Waals surface area contributed by atoms with Gasteiger partial charge in [0, 0.05) is 0 Å². The SMILES string of the molecule is CC(C)c1cccc(C(C)C)c1OP(=O)([O-])[O-].O.O.O.O.O.[Na+].[Na+]. The fourth-order valence-electron chi connectivity index (χ4n) is 1.70. The molecule has 12 heteroatoms. The summed E-state index contributed by atoms with van der Waals surface area (Å²) in [7, 11) is -5.02. The van der Waals surface area contributed by atoms with E-state index in [1.165, 1.54) is 0 Å². The molecule has 0 aliphatic carbocycles. The van der Waals surface area contributed by atoms with Gasteiger partial charge >= 0.3 is 59.1 Å². The predicted octanol–water partition coefficient (Wildman–Crippen LogP) is -7.97. The summed E-state index contributed by atoms with van der Waals surface area (Å²) >= 11 is 0. The molecule has 0 aliphatic rings. The van der Waals surface area contributed by atoms with E-state index in [0.29, 0.717) is 0 Å². The molecule has 10 N–H and O–H groups in total. The van der Waals surface area contributed by atoms with Crippen molar-refractivity contribution in [3.05, 3.63) is 29.3 Å². The summed E-state index contributed by atoms with van der Waals surface area (Å²) < 4.78 is 15.4. The van der Waals surface area contributed by atoms with Crippen molar-refractivity contribution in [2.24, 2.45) is 0 Å². The van der Waals surface area contributed by atoms with Crippen LogP contribution in [0.5, 0.6) is 5.75 Å². The van der Waals surface area contributed by atoms with E-state index in [2.05, 4.69) is 4.52 Å². The average Bonchev–Trinajstić information content (AvgIpc) is 2.14. The van der Waals surface area contributed by atoms with Crippen molar-refractivity contribution in [1.82, 2.24) is 0 Å². The van der Waals surface area contributed by atoms with Crippen molar-refractivity contribution < 1.29 is 105 Å². The van der Waals surface area contributed by atoms with Gasteiger partial charge in [0.1, 0.15) is 13.6 Å². The number of rotatable bonds is 4. The first kappa shape index (κ1) is 44.4. The summed E-state index contributed by atoms with van der Waals surface area (Å²) in [4.78, 5) is 21.6. The Balaban J connectivity index is -0.0000000826. The molecule has 0 fully saturated rings. The molecule has 1 rings (SSSR count). The second kappa shape index (κ2) is 18.8. The molecular formula is C12H27Na2O9P. The minimum atomic E-state index is -5.02. The molecule has 0 spiro atoms. The van der Waals surface area contributed by atoms with Crippen LogP contribution in [0.3, 0.4) is 0 Å². The van der Waals surface area contributed by atoms with Crippen molar-refractivity contribution in [2.75, 3.05) is 0 Å². The molecule has 0 heterocycles. The number of benzene rings is 1. The van der Waals surface area contributed by atoms with Crippen molar-refractivity contribution >= 4 is 7.82 Å². The third kappa shape index (κ3) is 14.2. The fourth-order valence-corrected chi connectivity index (χ4v) is 2.13. The van der Waals surface area contributed by atoms with Gasteiger partial charge in [-0.25, -0.2) is 0 Å². The quantitative estimate of drug-likeness (QED) is 0.358. The second-order valence-electron chi connectivity index (χ2n) is 4.61. The van der Waals surface area contributed by atoms with Crippen LogP contribution in [0.2, 0.25) is 0 Å². The van der Waals surface area contributed by atoms with Crippen LogP contribution in [0, 0.1) is 0 Å². The zero-order valence-corrected chi connectivity index (χ0v) is 19.9. The summed E-state index contributed by atoms with van der Waals surface area (Å²) in [5.74, 6) is 0.385. The Morgan fingerprint density at radius 3 is 1.33 bits per heavy atom. The fraction of sp³-hybridized carbons (Fsp3) is 0.500. The molecule has 1 aromatic rings. The number of hydrogen-bond donors (Lipinski definition) is 0. The number of para-hydroxylation sites is 1. The molecule has 136 valence electrons. The zero-order valence-electron chi connectivity index (χ0n) is 15.0. The normalized spacial score (nSPS) is 8.67. The van der Waals surface area contributed by atoms with Crippen molar-refractivity contribution in [2.45, 2.75) is 39.5 Å². The Morgan fingerprint density at radius 2 is 1.12 bits per heavy atom. The predicted molar refractivity (Wildman–Crippen MR) is 80.9 cm³/mol. The van der Waals surface area contributed by atoms with E-state index in [-0.39, 0.29) is 104 Å². The number of phosphoric ester groups is 1. The third-order valence-corrected chi connectivity index (χ3v) is 2.93. The van der Waals surface area contributed by atoms with Gasteiger partial charge in [0.15, 0.2) is 0 Å². The van der Waals surface area contributed by atoms with Crippen LogP contribution >= 0.6 is 7.82 Å². The molecule has 0 aromatic heterocycles. The first-order chi connectivity index (χ1) is 7.72. The van der Waals surface area contributed by atoms with Crippen LogP contribution in [0.4, 0.5) is 0 Å². The van der Waals surface area contributed by atoms with E-state index in [0.717, 1.165) is 11.1 Å². The van der Waals surface area contributed by atoms with Gasteiger partial charge in [-0.15, -0.1) is 0 Å². The zero-order chi connectivity index (χ0) is 13.2. The number of phosphoric acid groups is 1. The van der Waals surface area contributed by atoms with Crippen molar-refractivity contribution in [1.29, 1.82) is 0 Å².